The number of halogens is 1. The van der Waals surface area contributed by atoms with Gasteiger partial charge in [-0.15, -0.1) is 0 Å². The van der Waals surface area contributed by atoms with Crippen molar-refractivity contribution in [3.8, 4) is 16.9 Å². The summed E-state index contributed by atoms with van der Waals surface area (Å²) in [6.07, 6.45) is 3.42. The van der Waals surface area contributed by atoms with Gasteiger partial charge in [-0.1, -0.05) is 28.8 Å². The van der Waals surface area contributed by atoms with Gasteiger partial charge in [0.1, 0.15) is 5.82 Å². The molecule has 1 aliphatic heterocycles. The zero-order valence-corrected chi connectivity index (χ0v) is 15.4. The summed E-state index contributed by atoms with van der Waals surface area (Å²) in [6, 6.07) is 14.5. The second-order valence-electron chi connectivity index (χ2n) is 6.82. The van der Waals surface area contributed by atoms with E-state index in [9.17, 15) is 0 Å². The fourth-order valence-electron chi connectivity index (χ4n) is 3.61. The van der Waals surface area contributed by atoms with Crippen LogP contribution in [-0.4, -0.2) is 16.3 Å². The summed E-state index contributed by atoms with van der Waals surface area (Å²) in [5.74, 6) is 1.12. The van der Waals surface area contributed by atoms with Gasteiger partial charge in [-0.05, 0) is 69.5 Å². The van der Waals surface area contributed by atoms with E-state index < -0.39 is 0 Å². The van der Waals surface area contributed by atoms with Crippen molar-refractivity contribution in [3.05, 3.63) is 64.2 Å². The monoisotopic (exact) mass is 351 g/mol. The molecule has 0 radical (unpaired) electrons. The Bertz CT molecular complexity index is 889. The number of anilines is 1. The van der Waals surface area contributed by atoms with Crippen molar-refractivity contribution in [2.75, 3.05) is 11.9 Å². The van der Waals surface area contributed by atoms with Crippen LogP contribution in [0.15, 0.2) is 42.5 Å². The van der Waals surface area contributed by atoms with Crippen LogP contribution < -0.4 is 5.32 Å². The van der Waals surface area contributed by atoms with E-state index in [0.717, 1.165) is 35.2 Å². The Morgan fingerprint density at radius 3 is 2.44 bits per heavy atom. The van der Waals surface area contributed by atoms with Crippen LogP contribution in [0.25, 0.3) is 16.9 Å². The molecule has 128 valence electrons. The third-order valence-electron chi connectivity index (χ3n) is 4.70. The first kappa shape index (κ1) is 16.2. The average molecular weight is 352 g/mol. The molecule has 1 aliphatic rings. The maximum atomic E-state index is 6.06. The quantitative estimate of drug-likeness (QED) is 0.655. The highest BCUT2D eigenvalue weighted by molar-refractivity contribution is 6.30. The fourth-order valence-corrected chi connectivity index (χ4v) is 3.74. The van der Waals surface area contributed by atoms with Crippen LogP contribution in [0, 0.1) is 13.8 Å². The van der Waals surface area contributed by atoms with E-state index in [4.69, 9.17) is 16.7 Å². The Hall–Kier alpha value is -2.26. The molecule has 0 bridgehead atoms. The van der Waals surface area contributed by atoms with Gasteiger partial charge in [0.25, 0.3) is 0 Å². The van der Waals surface area contributed by atoms with Gasteiger partial charge in [0, 0.05) is 22.7 Å². The summed E-state index contributed by atoms with van der Waals surface area (Å²) in [7, 11) is 0. The minimum absolute atomic E-state index is 0.740. The van der Waals surface area contributed by atoms with E-state index in [1.807, 2.05) is 28.9 Å². The van der Waals surface area contributed by atoms with Gasteiger partial charge in [-0.3, -0.25) is 0 Å². The van der Waals surface area contributed by atoms with E-state index in [0.29, 0.717) is 0 Å². The number of nitrogens with zero attached hydrogens (tertiary/aromatic N) is 2. The largest absolute Gasteiger partial charge is 0.370 e. The van der Waals surface area contributed by atoms with E-state index in [1.165, 1.54) is 35.1 Å². The molecule has 0 atom stereocenters. The number of hydrogen-bond acceptors (Lipinski definition) is 2. The molecule has 25 heavy (non-hydrogen) atoms. The number of rotatable bonds is 2. The van der Waals surface area contributed by atoms with Crippen molar-refractivity contribution >= 4 is 17.4 Å². The molecular formula is C21H22ClN3. The van der Waals surface area contributed by atoms with Crippen LogP contribution in [0.4, 0.5) is 5.82 Å². The number of hydrogen-bond donors (Lipinski definition) is 1. The number of fused-ring (bicyclic) bond motifs is 1. The smallest absolute Gasteiger partial charge is 0.133 e. The molecule has 1 N–H and O–H groups in total. The lowest BCUT2D eigenvalue weighted by Gasteiger charge is -2.09. The van der Waals surface area contributed by atoms with Gasteiger partial charge in [-0.2, -0.15) is 5.10 Å². The third kappa shape index (κ3) is 3.16. The molecule has 0 spiro atoms. The van der Waals surface area contributed by atoms with Gasteiger partial charge in [0.15, 0.2) is 0 Å². The van der Waals surface area contributed by atoms with E-state index >= 15 is 0 Å². The maximum Gasteiger partial charge on any atom is 0.133 e. The summed E-state index contributed by atoms with van der Waals surface area (Å²) in [4.78, 5) is 0. The first-order valence-corrected chi connectivity index (χ1v) is 9.20. The molecule has 0 aliphatic carbocycles. The molecular weight excluding hydrogens is 330 g/mol. The number of aromatic nitrogens is 2. The number of aryl methyl sites for hydroxylation is 2. The minimum atomic E-state index is 0.740. The molecule has 0 saturated carbocycles. The van der Waals surface area contributed by atoms with Crippen molar-refractivity contribution in [2.24, 2.45) is 0 Å². The Kier molecular flexibility index (Phi) is 4.26. The first-order valence-electron chi connectivity index (χ1n) is 8.82. The van der Waals surface area contributed by atoms with Crippen molar-refractivity contribution in [2.45, 2.75) is 33.1 Å². The Morgan fingerprint density at radius 1 is 1.00 bits per heavy atom. The maximum absolute atomic E-state index is 6.06. The molecule has 1 aromatic heterocycles. The highest BCUT2D eigenvalue weighted by Crippen LogP contribution is 2.34. The van der Waals surface area contributed by atoms with Gasteiger partial charge < -0.3 is 5.32 Å². The molecule has 4 rings (SSSR count). The van der Waals surface area contributed by atoms with Crippen LogP contribution >= 0.6 is 11.6 Å². The van der Waals surface area contributed by atoms with E-state index in [-0.39, 0.29) is 0 Å². The molecule has 2 heterocycles. The summed E-state index contributed by atoms with van der Waals surface area (Å²) >= 11 is 6.06. The van der Waals surface area contributed by atoms with Crippen molar-refractivity contribution in [1.82, 2.24) is 9.78 Å². The average Bonchev–Trinajstić information content (AvgIpc) is 2.77. The predicted molar refractivity (Wildman–Crippen MR) is 105 cm³/mol. The van der Waals surface area contributed by atoms with Gasteiger partial charge in [0.05, 0.1) is 11.4 Å². The van der Waals surface area contributed by atoms with E-state index in [2.05, 4.69) is 37.4 Å². The Labute approximate surface area is 153 Å². The van der Waals surface area contributed by atoms with Crippen LogP contribution in [0.1, 0.15) is 29.5 Å². The van der Waals surface area contributed by atoms with E-state index in [1.54, 1.807) is 0 Å². The van der Waals surface area contributed by atoms with Crippen molar-refractivity contribution in [1.29, 1.82) is 0 Å². The van der Waals surface area contributed by atoms with Gasteiger partial charge in [0.2, 0.25) is 0 Å². The standard InChI is InChI=1S/C21H22ClN3/c1-14-11-15(2)13-16(12-14)20-19-5-3-4-10-23-21(19)25(24-20)18-8-6-17(22)7-9-18/h6-9,11-13,23H,3-5,10H2,1-2H3. The lowest BCUT2D eigenvalue weighted by atomic mass is 10.00. The summed E-state index contributed by atoms with van der Waals surface area (Å²) in [5, 5.41) is 9.33. The lowest BCUT2D eigenvalue weighted by molar-refractivity contribution is 0.780. The van der Waals surface area contributed by atoms with Crippen LogP contribution in [0.3, 0.4) is 0 Å². The Morgan fingerprint density at radius 2 is 1.72 bits per heavy atom. The molecule has 4 heteroatoms. The molecule has 0 unspecified atom stereocenters. The van der Waals surface area contributed by atoms with Crippen molar-refractivity contribution in [3.63, 3.8) is 0 Å². The zero-order chi connectivity index (χ0) is 17.4. The van der Waals surface area contributed by atoms with Gasteiger partial charge in [-0.25, -0.2) is 4.68 Å². The normalized spacial score (nSPS) is 13.9. The number of benzene rings is 2. The highest BCUT2D eigenvalue weighted by Gasteiger charge is 2.21. The zero-order valence-electron chi connectivity index (χ0n) is 14.6. The second kappa shape index (κ2) is 6.57. The molecule has 2 aromatic carbocycles. The lowest BCUT2D eigenvalue weighted by Crippen LogP contribution is -2.07. The topological polar surface area (TPSA) is 29.9 Å². The minimum Gasteiger partial charge on any atom is -0.370 e. The second-order valence-corrected chi connectivity index (χ2v) is 7.26. The summed E-state index contributed by atoms with van der Waals surface area (Å²) in [6.45, 7) is 5.27. The summed E-state index contributed by atoms with van der Waals surface area (Å²) < 4.78 is 2.03. The predicted octanol–water partition coefficient (Wildman–Crippen LogP) is 5.56. The van der Waals surface area contributed by atoms with Crippen LogP contribution in [0.5, 0.6) is 0 Å². The SMILES string of the molecule is Cc1cc(C)cc(-c2nn(-c3ccc(Cl)cc3)c3c2CCCCN3)c1. The van der Waals surface area contributed by atoms with Gasteiger partial charge >= 0.3 is 0 Å². The van der Waals surface area contributed by atoms with Crippen LogP contribution in [0.2, 0.25) is 5.02 Å². The highest BCUT2D eigenvalue weighted by atomic mass is 35.5. The fraction of sp³-hybridized carbons (Fsp3) is 0.286. The molecule has 0 fully saturated rings. The van der Waals surface area contributed by atoms with Crippen molar-refractivity contribution < 1.29 is 0 Å². The first-order chi connectivity index (χ1) is 12.1. The molecule has 3 nitrogen and oxygen atoms in total. The molecule has 0 saturated heterocycles. The Balaban J connectivity index is 1.91. The third-order valence-corrected chi connectivity index (χ3v) is 4.95. The summed E-state index contributed by atoms with van der Waals surface area (Å²) in [5.41, 5.74) is 7.18. The van der Waals surface area contributed by atoms with Crippen LogP contribution in [-0.2, 0) is 6.42 Å². The number of nitrogens with one attached hydrogen (secondary N) is 1. The molecule has 0 amide bonds. The molecule has 3 aromatic rings.